The van der Waals surface area contributed by atoms with Crippen molar-refractivity contribution in [1.82, 2.24) is 9.97 Å². The highest BCUT2D eigenvalue weighted by Crippen LogP contribution is 2.23. The van der Waals surface area contributed by atoms with Gasteiger partial charge in [0.25, 0.3) is 0 Å². The maximum absolute atomic E-state index is 11.2. The zero-order valence-corrected chi connectivity index (χ0v) is 14.1. The van der Waals surface area contributed by atoms with Gasteiger partial charge in [-0.3, -0.25) is 4.79 Å². The summed E-state index contributed by atoms with van der Waals surface area (Å²) in [6.07, 6.45) is 1.71. The van der Waals surface area contributed by atoms with Gasteiger partial charge < -0.3 is 15.5 Å². The van der Waals surface area contributed by atoms with Gasteiger partial charge in [0, 0.05) is 37.2 Å². The number of benzene rings is 2. The number of rotatable bonds is 5. The first-order valence-corrected chi connectivity index (χ1v) is 7.88. The molecular weight excluding hydrogens is 314 g/mol. The summed E-state index contributed by atoms with van der Waals surface area (Å²) in [5.74, 6) is 1.15. The van der Waals surface area contributed by atoms with E-state index in [2.05, 4.69) is 20.6 Å². The molecule has 1 heterocycles. The number of para-hydroxylation sites is 1. The largest absolute Gasteiger partial charge is 0.329 e. The first kappa shape index (κ1) is 16.4. The molecule has 0 fully saturated rings. The van der Waals surface area contributed by atoms with Crippen LogP contribution in [0.1, 0.15) is 6.92 Å². The Kier molecular flexibility index (Phi) is 4.89. The monoisotopic (exact) mass is 333 g/mol. The fourth-order valence-corrected chi connectivity index (χ4v) is 2.39. The number of nitrogens with zero attached hydrogens (tertiary/aromatic N) is 3. The molecular formula is C19H19N5O. The standard InChI is InChI=1S/C19H19N5O/c1-14(25)21-15-7-6-8-16(13-15)22-19-20-12-11-18(23-19)24(2)17-9-4-3-5-10-17/h3-13H,1-2H3,(H,21,25)(H,20,22,23). The van der Waals surface area contributed by atoms with E-state index in [4.69, 9.17) is 0 Å². The van der Waals surface area contributed by atoms with Crippen LogP contribution in [0.3, 0.4) is 0 Å². The number of amides is 1. The van der Waals surface area contributed by atoms with Crippen LogP contribution in [0, 0.1) is 0 Å². The van der Waals surface area contributed by atoms with Gasteiger partial charge in [-0.2, -0.15) is 4.98 Å². The van der Waals surface area contributed by atoms with Gasteiger partial charge >= 0.3 is 0 Å². The Morgan fingerprint density at radius 1 is 1.00 bits per heavy atom. The van der Waals surface area contributed by atoms with Gasteiger partial charge in [0.2, 0.25) is 11.9 Å². The van der Waals surface area contributed by atoms with Crippen molar-refractivity contribution in [2.45, 2.75) is 6.92 Å². The quantitative estimate of drug-likeness (QED) is 0.740. The molecule has 0 unspecified atom stereocenters. The molecule has 2 aromatic carbocycles. The molecule has 25 heavy (non-hydrogen) atoms. The Hall–Kier alpha value is -3.41. The molecule has 0 bridgehead atoms. The number of aromatic nitrogens is 2. The molecule has 0 saturated carbocycles. The molecule has 0 aliphatic rings. The average Bonchev–Trinajstić information content (AvgIpc) is 2.62. The van der Waals surface area contributed by atoms with E-state index >= 15 is 0 Å². The van der Waals surface area contributed by atoms with Crippen molar-refractivity contribution in [2.75, 3.05) is 22.6 Å². The number of hydrogen-bond donors (Lipinski definition) is 2. The fourth-order valence-electron chi connectivity index (χ4n) is 2.39. The summed E-state index contributed by atoms with van der Waals surface area (Å²) in [6.45, 7) is 1.48. The van der Waals surface area contributed by atoms with Gasteiger partial charge in [-0.15, -0.1) is 0 Å². The van der Waals surface area contributed by atoms with Crippen molar-refractivity contribution < 1.29 is 4.79 Å². The van der Waals surface area contributed by atoms with Crippen LogP contribution in [-0.4, -0.2) is 22.9 Å². The minimum absolute atomic E-state index is 0.111. The summed E-state index contributed by atoms with van der Waals surface area (Å²) in [4.78, 5) is 22.0. The van der Waals surface area contributed by atoms with E-state index in [1.165, 1.54) is 6.92 Å². The smallest absolute Gasteiger partial charge is 0.229 e. The van der Waals surface area contributed by atoms with Gasteiger partial charge in [-0.1, -0.05) is 24.3 Å². The zero-order valence-electron chi connectivity index (χ0n) is 14.1. The molecule has 0 saturated heterocycles. The minimum atomic E-state index is -0.111. The number of anilines is 5. The van der Waals surface area contributed by atoms with Gasteiger partial charge in [-0.25, -0.2) is 4.98 Å². The summed E-state index contributed by atoms with van der Waals surface area (Å²) < 4.78 is 0. The molecule has 3 rings (SSSR count). The number of nitrogens with one attached hydrogen (secondary N) is 2. The fraction of sp³-hybridized carbons (Fsp3) is 0.105. The number of hydrogen-bond acceptors (Lipinski definition) is 5. The van der Waals surface area contributed by atoms with Crippen LogP contribution in [0.25, 0.3) is 0 Å². The second-order valence-corrected chi connectivity index (χ2v) is 5.52. The molecule has 0 radical (unpaired) electrons. The lowest BCUT2D eigenvalue weighted by Crippen LogP contribution is -2.12. The molecule has 0 aliphatic carbocycles. The lowest BCUT2D eigenvalue weighted by molar-refractivity contribution is -0.114. The third-order valence-corrected chi connectivity index (χ3v) is 3.57. The van der Waals surface area contributed by atoms with Crippen molar-refractivity contribution in [3.8, 4) is 0 Å². The Morgan fingerprint density at radius 3 is 2.52 bits per heavy atom. The molecule has 0 aliphatic heterocycles. The first-order valence-electron chi connectivity index (χ1n) is 7.88. The maximum atomic E-state index is 11.2. The van der Waals surface area contributed by atoms with E-state index < -0.39 is 0 Å². The van der Waals surface area contributed by atoms with Crippen LogP contribution in [-0.2, 0) is 4.79 Å². The molecule has 2 N–H and O–H groups in total. The van der Waals surface area contributed by atoms with Gasteiger partial charge in [-0.05, 0) is 36.4 Å². The second-order valence-electron chi connectivity index (χ2n) is 5.52. The second kappa shape index (κ2) is 7.44. The maximum Gasteiger partial charge on any atom is 0.229 e. The highest BCUT2D eigenvalue weighted by atomic mass is 16.1. The first-order chi connectivity index (χ1) is 12.1. The Morgan fingerprint density at radius 2 is 1.76 bits per heavy atom. The average molecular weight is 333 g/mol. The summed E-state index contributed by atoms with van der Waals surface area (Å²) in [7, 11) is 1.96. The predicted octanol–water partition coefficient (Wildman–Crippen LogP) is 3.95. The van der Waals surface area contributed by atoms with E-state index in [0.29, 0.717) is 5.95 Å². The normalized spacial score (nSPS) is 10.2. The summed E-state index contributed by atoms with van der Waals surface area (Å²) >= 11 is 0. The van der Waals surface area contributed by atoms with Gasteiger partial charge in [0.1, 0.15) is 5.82 Å². The lowest BCUT2D eigenvalue weighted by atomic mass is 10.2. The summed E-state index contributed by atoms with van der Waals surface area (Å²) in [6, 6.07) is 19.2. The lowest BCUT2D eigenvalue weighted by Gasteiger charge is -2.18. The molecule has 3 aromatic rings. The van der Waals surface area contributed by atoms with Crippen LogP contribution >= 0.6 is 0 Å². The van der Waals surface area contributed by atoms with E-state index in [1.54, 1.807) is 6.20 Å². The van der Waals surface area contributed by atoms with Crippen molar-refractivity contribution in [2.24, 2.45) is 0 Å². The third-order valence-electron chi connectivity index (χ3n) is 3.57. The molecule has 1 aromatic heterocycles. The zero-order chi connectivity index (χ0) is 17.6. The highest BCUT2D eigenvalue weighted by Gasteiger charge is 2.07. The van der Waals surface area contributed by atoms with E-state index in [9.17, 15) is 4.79 Å². The molecule has 0 spiro atoms. The topological polar surface area (TPSA) is 70.2 Å². The van der Waals surface area contributed by atoms with Gasteiger partial charge in [0.15, 0.2) is 0 Å². The van der Waals surface area contributed by atoms with Crippen LogP contribution in [0.2, 0.25) is 0 Å². The summed E-state index contributed by atoms with van der Waals surface area (Å²) in [5, 5.41) is 5.92. The summed E-state index contributed by atoms with van der Waals surface area (Å²) in [5.41, 5.74) is 2.56. The van der Waals surface area contributed by atoms with Crippen molar-refractivity contribution in [3.63, 3.8) is 0 Å². The molecule has 6 nitrogen and oxygen atoms in total. The Bertz CT molecular complexity index is 866. The van der Waals surface area contributed by atoms with E-state index in [-0.39, 0.29) is 5.91 Å². The van der Waals surface area contributed by atoms with Crippen LogP contribution in [0.5, 0.6) is 0 Å². The van der Waals surface area contributed by atoms with Crippen molar-refractivity contribution in [1.29, 1.82) is 0 Å². The molecule has 126 valence electrons. The van der Waals surface area contributed by atoms with Crippen molar-refractivity contribution >= 4 is 34.7 Å². The number of carbonyl (C=O) groups excluding carboxylic acids is 1. The predicted molar refractivity (Wildman–Crippen MR) is 101 cm³/mol. The van der Waals surface area contributed by atoms with Crippen LogP contribution in [0.4, 0.5) is 28.8 Å². The molecule has 1 amide bonds. The van der Waals surface area contributed by atoms with Gasteiger partial charge in [0.05, 0.1) is 0 Å². The highest BCUT2D eigenvalue weighted by molar-refractivity contribution is 5.89. The van der Waals surface area contributed by atoms with Crippen LogP contribution < -0.4 is 15.5 Å². The number of carbonyl (C=O) groups is 1. The van der Waals surface area contributed by atoms with Crippen molar-refractivity contribution in [3.05, 3.63) is 66.9 Å². The van der Waals surface area contributed by atoms with E-state index in [1.807, 2.05) is 72.6 Å². The SMILES string of the molecule is CC(=O)Nc1cccc(Nc2nccc(N(C)c3ccccc3)n2)c1. The molecule has 0 atom stereocenters. The Balaban J connectivity index is 1.79. The van der Waals surface area contributed by atoms with E-state index in [0.717, 1.165) is 22.9 Å². The Labute approximate surface area is 146 Å². The van der Waals surface area contributed by atoms with Crippen LogP contribution in [0.15, 0.2) is 66.9 Å². The molecule has 6 heteroatoms. The third kappa shape index (κ3) is 4.32. The minimum Gasteiger partial charge on any atom is -0.329 e.